The number of rotatable bonds is 7. The Bertz CT molecular complexity index is 1290. The highest BCUT2D eigenvalue weighted by molar-refractivity contribution is 7.18. The number of carbonyl (C=O) groups excluding carboxylic acids is 1. The lowest BCUT2D eigenvalue weighted by atomic mass is 10.2. The summed E-state index contributed by atoms with van der Waals surface area (Å²) < 4.78 is 1.83. The molecule has 0 aliphatic heterocycles. The summed E-state index contributed by atoms with van der Waals surface area (Å²) in [5, 5.41) is 8.07. The second-order valence-corrected chi connectivity index (χ2v) is 8.86. The first-order chi connectivity index (χ1) is 15.2. The molecular weight excluding hydrogens is 410 g/mol. The van der Waals surface area contributed by atoms with E-state index in [1.165, 1.54) is 10.4 Å². The van der Waals surface area contributed by atoms with Crippen LogP contribution in [-0.2, 0) is 30.5 Å². The normalized spacial score (nSPS) is 12.9. The fourth-order valence-electron chi connectivity index (χ4n) is 4.04. The summed E-state index contributed by atoms with van der Waals surface area (Å²) in [6.45, 7) is 0.542. The molecule has 0 saturated carbocycles. The Morgan fingerprint density at radius 2 is 2.06 bits per heavy atom. The lowest BCUT2D eigenvalue weighted by Crippen LogP contribution is -2.26. The molecule has 0 atom stereocenters. The molecule has 5 rings (SSSR count). The number of fused-ring (bicyclic) bond motifs is 3. The second-order valence-electron chi connectivity index (χ2n) is 7.78. The number of amides is 1. The van der Waals surface area contributed by atoms with Crippen LogP contribution in [0.1, 0.15) is 34.7 Å². The van der Waals surface area contributed by atoms with Crippen LogP contribution in [0.25, 0.3) is 15.9 Å². The molecule has 1 aliphatic carbocycles. The van der Waals surface area contributed by atoms with Gasteiger partial charge in [0.05, 0.1) is 17.3 Å². The molecule has 1 amide bonds. The van der Waals surface area contributed by atoms with Crippen molar-refractivity contribution >= 4 is 27.5 Å². The van der Waals surface area contributed by atoms with E-state index in [2.05, 4.69) is 20.4 Å². The topological polar surface area (TPSA) is 92.7 Å². The number of nitrogens with zero attached hydrogens (tertiary/aromatic N) is 3. The average molecular weight is 434 g/mol. The van der Waals surface area contributed by atoms with E-state index in [9.17, 15) is 9.59 Å². The Kier molecular flexibility index (Phi) is 5.38. The third-order valence-corrected chi connectivity index (χ3v) is 6.79. The third-order valence-electron chi connectivity index (χ3n) is 5.61. The molecule has 7 nitrogen and oxygen atoms in total. The monoisotopic (exact) mass is 433 g/mol. The van der Waals surface area contributed by atoms with Crippen LogP contribution in [0.15, 0.2) is 47.5 Å². The van der Waals surface area contributed by atoms with E-state index < -0.39 is 0 Å². The van der Waals surface area contributed by atoms with Crippen molar-refractivity contribution in [2.45, 2.75) is 38.5 Å². The maximum Gasteiger partial charge on any atom is 0.259 e. The van der Waals surface area contributed by atoms with Crippen molar-refractivity contribution in [3.8, 4) is 5.69 Å². The standard InChI is InChI=1S/C23H23N5O2S/c29-20(24-12-11-15-13-25-28(14-15)16-5-2-1-3-6-16)10-9-19-26-22(30)21-17-7-4-8-18(17)31-23(21)27-19/h1-3,5-6,13-14H,4,7-12H2,(H,24,29)(H,26,27,30). The zero-order chi connectivity index (χ0) is 21.2. The first kappa shape index (κ1) is 19.7. The quantitative estimate of drug-likeness (QED) is 0.469. The van der Waals surface area contributed by atoms with Crippen molar-refractivity contribution < 1.29 is 4.79 Å². The number of aromatic nitrogens is 4. The Morgan fingerprint density at radius 3 is 2.94 bits per heavy atom. The molecule has 31 heavy (non-hydrogen) atoms. The molecule has 158 valence electrons. The maximum absolute atomic E-state index is 12.5. The number of aromatic amines is 1. The van der Waals surface area contributed by atoms with E-state index >= 15 is 0 Å². The Hall–Kier alpha value is -3.26. The van der Waals surface area contributed by atoms with E-state index in [0.29, 0.717) is 31.6 Å². The minimum atomic E-state index is -0.0739. The number of hydrogen-bond acceptors (Lipinski definition) is 5. The second kappa shape index (κ2) is 8.47. The van der Waals surface area contributed by atoms with Gasteiger partial charge in [0.15, 0.2) is 0 Å². The number of para-hydroxylation sites is 1. The maximum atomic E-state index is 12.5. The fourth-order valence-corrected chi connectivity index (χ4v) is 5.32. The molecule has 8 heteroatoms. The number of nitrogens with one attached hydrogen (secondary N) is 2. The van der Waals surface area contributed by atoms with Crippen LogP contribution in [0.3, 0.4) is 0 Å². The van der Waals surface area contributed by atoms with E-state index in [1.54, 1.807) is 11.3 Å². The van der Waals surface area contributed by atoms with Crippen molar-refractivity contribution in [3.05, 3.63) is 74.9 Å². The number of benzene rings is 1. The van der Waals surface area contributed by atoms with Crippen molar-refractivity contribution in [2.24, 2.45) is 0 Å². The minimum absolute atomic E-state index is 0.0492. The van der Waals surface area contributed by atoms with Crippen LogP contribution in [0.5, 0.6) is 0 Å². The highest BCUT2D eigenvalue weighted by Gasteiger charge is 2.21. The molecule has 0 bridgehead atoms. The molecule has 1 aliphatic rings. The molecule has 0 saturated heterocycles. The summed E-state index contributed by atoms with van der Waals surface area (Å²) in [5.74, 6) is 0.531. The molecule has 0 radical (unpaired) electrons. The number of carbonyl (C=O) groups is 1. The first-order valence-corrected chi connectivity index (χ1v) is 11.4. The summed E-state index contributed by atoms with van der Waals surface area (Å²) in [6.07, 6.45) is 8.34. The van der Waals surface area contributed by atoms with Gasteiger partial charge in [-0.25, -0.2) is 9.67 Å². The summed E-state index contributed by atoms with van der Waals surface area (Å²) in [6, 6.07) is 9.92. The van der Waals surface area contributed by atoms with Crippen molar-refractivity contribution in [1.82, 2.24) is 25.1 Å². The van der Waals surface area contributed by atoms with Crippen LogP contribution in [0.2, 0.25) is 0 Å². The van der Waals surface area contributed by atoms with Gasteiger partial charge in [-0.2, -0.15) is 5.10 Å². The van der Waals surface area contributed by atoms with Crippen LogP contribution >= 0.6 is 11.3 Å². The van der Waals surface area contributed by atoms with Gasteiger partial charge in [0.25, 0.3) is 5.56 Å². The van der Waals surface area contributed by atoms with Gasteiger partial charge in [-0.3, -0.25) is 9.59 Å². The molecule has 2 N–H and O–H groups in total. The smallest absolute Gasteiger partial charge is 0.259 e. The lowest BCUT2D eigenvalue weighted by Gasteiger charge is -2.05. The lowest BCUT2D eigenvalue weighted by molar-refractivity contribution is -0.121. The number of H-pyrrole nitrogens is 1. The predicted molar refractivity (Wildman–Crippen MR) is 121 cm³/mol. The van der Waals surface area contributed by atoms with Crippen molar-refractivity contribution in [3.63, 3.8) is 0 Å². The Balaban J connectivity index is 1.13. The minimum Gasteiger partial charge on any atom is -0.356 e. The van der Waals surface area contributed by atoms with Gasteiger partial charge in [-0.05, 0) is 48.9 Å². The molecule has 4 aromatic rings. The highest BCUT2D eigenvalue weighted by Crippen LogP contribution is 2.34. The summed E-state index contributed by atoms with van der Waals surface area (Å²) in [7, 11) is 0. The molecule has 0 unspecified atom stereocenters. The van der Waals surface area contributed by atoms with E-state index in [-0.39, 0.29) is 11.5 Å². The van der Waals surface area contributed by atoms with Gasteiger partial charge in [0.1, 0.15) is 10.7 Å². The molecule has 1 aromatic carbocycles. The summed E-state index contributed by atoms with van der Waals surface area (Å²) >= 11 is 1.62. The van der Waals surface area contributed by atoms with E-state index in [4.69, 9.17) is 0 Å². The van der Waals surface area contributed by atoms with Crippen LogP contribution in [-0.4, -0.2) is 32.2 Å². The first-order valence-electron chi connectivity index (χ1n) is 10.6. The fraction of sp³-hybridized carbons (Fsp3) is 0.304. The zero-order valence-electron chi connectivity index (χ0n) is 17.1. The van der Waals surface area contributed by atoms with E-state index in [1.807, 2.05) is 47.4 Å². The number of thiophene rings is 1. The Morgan fingerprint density at radius 1 is 1.19 bits per heavy atom. The zero-order valence-corrected chi connectivity index (χ0v) is 17.9. The van der Waals surface area contributed by atoms with Crippen LogP contribution < -0.4 is 10.9 Å². The SMILES string of the molecule is O=C(CCc1nc2sc3c(c2c(=O)[nH]1)CCC3)NCCc1cnn(-c2ccccc2)c1. The van der Waals surface area contributed by atoms with Gasteiger partial charge in [-0.1, -0.05) is 18.2 Å². The molecular formula is C23H23N5O2S. The highest BCUT2D eigenvalue weighted by atomic mass is 32.1. The molecule has 3 heterocycles. The molecule has 0 fully saturated rings. The molecule has 0 spiro atoms. The summed E-state index contributed by atoms with van der Waals surface area (Å²) in [4.78, 5) is 34.3. The average Bonchev–Trinajstić information content (AvgIpc) is 3.49. The summed E-state index contributed by atoms with van der Waals surface area (Å²) in [5.41, 5.74) is 3.17. The number of hydrogen-bond donors (Lipinski definition) is 2. The van der Waals surface area contributed by atoms with Crippen molar-refractivity contribution in [2.75, 3.05) is 6.54 Å². The third kappa shape index (κ3) is 4.16. The van der Waals surface area contributed by atoms with E-state index in [0.717, 1.165) is 40.7 Å². The van der Waals surface area contributed by atoms with Gasteiger partial charge in [-0.15, -0.1) is 11.3 Å². The van der Waals surface area contributed by atoms with Gasteiger partial charge in [0.2, 0.25) is 5.91 Å². The van der Waals surface area contributed by atoms with Gasteiger partial charge < -0.3 is 10.3 Å². The number of aryl methyl sites for hydroxylation is 3. The Labute approximate surface area is 183 Å². The van der Waals surface area contributed by atoms with Crippen molar-refractivity contribution in [1.29, 1.82) is 0 Å². The predicted octanol–water partition coefficient (Wildman–Crippen LogP) is 2.95. The largest absolute Gasteiger partial charge is 0.356 e. The van der Waals surface area contributed by atoms with Crippen LogP contribution in [0, 0.1) is 0 Å². The molecule has 3 aromatic heterocycles. The van der Waals surface area contributed by atoms with Gasteiger partial charge in [0, 0.05) is 30.5 Å². The van der Waals surface area contributed by atoms with Gasteiger partial charge >= 0.3 is 0 Å². The van der Waals surface area contributed by atoms with Crippen LogP contribution in [0.4, 0.5) is 0 Å².